The van der Waals surface area contributed by atoms with Crippen LogP contribution in [0.1, 0.15) is 11.3 Å². The number of benzene rings is 2. The molecule has 0 fully saturated rings. The maximum absolute atomic E-state index is 10.9. The summed E-state index contributed by atoms with van der Waals surface area (Å²) in [5, 5.41) is 23.0. The number of rotatable bonds is 7. The molecular formula is C18H16N6O2. The van der Waals surface area contributed by atoms with Gasteiger partial charge in [0.25, 0.3) is 5.69 Å². The van der Waals surface area contributed by atoms with Crippen molar-refractivity contribution in [3.63, 3.8) is 0 Å². The molecule has 0 aliphatic carbocycles. The van der Waals surface area contributed by atoms with Gasteiger partial charge >= 0.3 is 0 Å². The highest BCUT2D eigenvalue weighted by molar-refractivity contribution is 5.78. The number of anilines is 1. The van der Waals surface area contributed by atoms with E-state index in [0.717, 1.165) is 5.56 Å². The minimum absolute atomic E-state index is 0.0301. The normalized spacial score (nSPS) is 11.2. The molecule has 1 N–H and O–H groups in total. The second kappa shape index (κ2) is 8.34. The summed E-state index contributed by atoms with van der Waals surface area (Å²) < 4.78 is 1.75. The lowest BCUT2D eigenvalue weighted by Crippen LogP contribution is -1.99. The van der Waals surface area contributed by atoms with Gasteiger partial charge in [0, 0.05) is 12.3 Å². The molecule has 26 heavy (non-hydrogen) atoms. The second-order valence-corrected chi connectivity index (χ2v) is 5.35. The first-order valence-electron chi connectivity index (χ1n) is 7.85. The van der Waals surface area contributed by atoms with Gasteiger partial charge in [0.05, 0.1) is 17.7 Å². The smallest absolute Gasteiger partial charge is 0.272 e. The van der Waals surface area contributed by atoms with E-state index in [9.17, 15) is 10.1 Å². The Hall–Kier alpha value is -3.81. The van der Waals surface area contributed by atoms with Crippen LogP contribution in [0.25, 0.3) is 6.08 Å². The summed E-state index contributed by atoms with van der Waals surface area (Å²) in [6.45, 7) is 0.648. The van der Waals surface area contributed by atoms with Crippen LogP contribution in [-0.2, 0) is 6.54 Å². The van der Waals surface area contributed by atoms with Gasteiger partial charge in [-0.05, 0) is 23.8 Å². The summed E-state index contributed by atoms with van der Waals surface area (Å²) in [6.07, 6.45) is 6.75. The molecule has 0 atom stereocenters. The fourth-order valence-corrected chi connectivity index (χ4v) is 2.26. The van der Waals surface area contributed by atoms with Gasteiger partial charge in [-0.15, -0.1) is 5.10 Å². The summed E-state index contributed by atoms with van der Waals surface area (Å²) in [5.74, 6) is 0. The van der Waals surface area contributed by atoms with Crippen LogP contribution in [0.3, 0.4) is 0 Å². The van der Waals surface area contributed by atoms with E-state index in [1.807, 2.05) is 36.5 Å². The van der Waals surface area contributed by atoms with Crippen LogP contribution in [0.2, 0.25) is 0 Å². The molecule has 0 radical (unpaired) electrons. The van der Waals surface area contributed by atoms with E-state index in [4.69, 9.17) is 0 Å². The third-order valence-electron chi connectivity index (χ3n) is 3.46. The lowest BCUT2D eigenvalue weighted by atomic mass is 10.2. The molecular weight excluding hydrogens is 332 g/mol. The average Bonchev–Trinajstić information content (AvgIpc) is 3.10. The lowest BCUT2D eigenvalue weighted by molar-refractivity contribution is -0.384. The summed E-state index contributed by atoms with van der Waals surface area (Å²) >= 11 is 0. The Labute approximate surface area is 149 Å². The maximum atomic E-state index is 10.9. The zero-order valence-corrected chi connectivity index (χ0v) is 13.8. The van der Waals surface area contributed by atoms with Gasteiger partial charge in [0.2, 0.25) is 0 Å². The topological polar surface area (TPSA) is 98.2 Å². The van der Waals surface area contributed by atoms with E-state index in [-0.39, 0.29) is 5.69 Å². The number of hydrazone groups is 1. The van der Waals surface area contributed by atoms with Gasteiger partial charge in [0.1, 0.15) is 11.4 Å². The van der Waals surface area contributed by atoms with Gasteiger partial charge < -0.3 is 0 Å². The van der Waals surface area contributed by atoms with Crippen molar-refractivity contribution in [1.82, 2.24) is 15.0 Å². The minimum atomic E-state index is -0.460. The van der Waals surface area contributed by atoms with Crippen molar-refractivity contribution in [3.8, 4) is 0 Å². The van der Waals surface area contributed by atoms with Crippen LogP contribution in [0.5, 0.6) is 0 Å². The predicted molar refractivity (Wildman–Crippen MR) is 99.8 cm³/mol. The van der Waals surface area contributed by atoms with Crippen molar-refractivity contribution in [3.05, 3.63) is 88.2 Å². The SMILES string of the molecule is O=[N+]([O-])c1ccccc1N/N=C\C=C\c1cn(Cc2ccccc2)nn1. The molecule has 0 spiro atoms. The number of hydrogen-bond donors (Lipinski definition) is 1. The number of nitrogens with one attached hydrogen (secondary N) is 1. The molecule has 0 unspecified atom stereocenters. The number of nitrogens with zero attached hydrogens (tertiary/aromatic N) is 5. The molecule has 1 aromatic heterocycles. The number of nitro benzene ring substituents is 1. The first-order valence-corrected chi connectivity index (χ1v) is 7.85. The summed E-state index contributed by atoms with van der Waals surface area (Å²) in [7, 11) is 0. The second-order valence-electron chi connectivity index (χ2n) is 5.35. The van der Waals surface area contributed by atoms with Crippen LogP contribution in [0.4, 0.5) is 11.4 Å². The molecule has 130 valence electrons. The Kier molecular flexibility index (Phi) is 5.46. The van der Waals surface area contributed by atoms with Gasteiger partial charge in [0.15, 0.2) is 0 Å². The van der Waals surface area contributed by atoms with Crippen molar-refractivity contribution >= 4 is 23.7 Å². The highest BCUT2D eigenvalue weighted by Gasteiger charge is 2.10. The van der Waals surface area contributed by atoms with Crippen molar-refractivity contribution in [2.75, 3.05) is 5.43 Å². The van der Waals surface area contributed by atoms with Crippen molar-refractivity contribution in [2.45, 2.75) is 6.54 Å². The molecule has 3 aromatic rings. The Balaban J connectivity index is 1.56. The fourth-order valence-electron chi connectivity index (χ4n) is 2.26. The fraction of sp³-hybridized carbons (Fsp3) is 0.0556. The molecule has 0 amide bonds. The van der Waals surface area contributed by atoms with E-state index >= 15 is 0 Å². The molecule has 8 nitrogen and oxygen atoms in total. The highest BCUT2D eigenvalue weighted by atomic mass is 16.6. The van der Waals surface area contributed by atoms with E-state index in [1.54, 1.807) is 35.0 Å². The van der Waals surface area contributed by atoms with Crippen molar-refractivity contribution in [2.24, 2.45) is 5.10 Å². The molecule has 3 rings (SSSR count). The minimum Gasteiger partial charge on any atom is -0.272 e. The first-order chi connectivity index (χ1) is 12.7. The number of nitro groups is 1. The van der Waals surface area contributed by atoms with E-state index < -0.39 is 4.92 Å². The molecule has 2 aromatic carbocycles. The Morgan fingerprint density at radius 1 is 1.15 bits per heavy atom. The first kappa shape index (κ1) is 17.0. The standard InChI is InChI=1S/C18H16N6O2/c25-24(26)18-11-5-4-10-17(18)21-19-12-6-9-16-14-23(22-20-16)13-15-7-2-1-3-8-15/h1-12,14,21H,13H2/b9-6+,19-12-. The quantitative estimate of drug-likeness (QED) is 0.401. The summed E-state index contributed by atoms with van der Waals surface area (Å²) in [4.78, 5) is 10.5. The Morgan fingerprint density at radius 3 is 2.73 bits per heavy atom. The van der Waals surface area contributed by atoms with Gasteiger partial charge in [-0.2, -0.15) is 5.10 Å². The number of para-hydroxylation sites is 2. The van der Waals surface area contributed by atoms with Crippen LogP contribution < -0.4 is 5.43 Å². The lowest BCUT2D eigenvalue weighted by Gasteiger charge is -1.99. The van der Waals surface area contributed by atoms with E-state index in [2.05, 4.69) is 20.8 Å². The zero-order chi connectivity index (χ0) is 18.2. The molecule has 1 heterocycles. The third-order valence-corrected chi connectivity index (χ3v) is 3.46. The van der Waals surface area contributed by atoms with Gasteiger partial charge in [-0.3, -0.25) is 15.5 Å². The predicted octanol–water partition coefficient (Wildman–Crippen LogP) is 3.35. The summed E-state index contributed by atoms with van der Waals surface area (Å²) in [6, 6.07) is 16.3. The van der Waals surface area contributed by atoms with Crippen LogP contribution in [0, 0.1) is 10.1 Å². The number of hydrogen-bond acceptors (Lipinski definition) is 6. The van der Waals surface area contributed by atoms with Crippen LogP contribution in [-0.4, -0.2) is 26.1 Å². The van der Waals surface area contributed by atoms with Crippen molar-refractivity contribution < 1.29 is 4.92 Å². The number of allylic oxidation sites excluding steroid dienone is 1. The molecule has 0 aliphatic heterocycles. The summed E-state index contributed by atoms with van der Waals surface area (Å²) in [5.41, 5.74) is 4.79. The third kappa shape index (κ3) is 4.60. The number of aromatic nitrogens is 3. The maximum Gasteiger partial charge on any atom is 0.294 e. The van der Waals surface area contributed by atoms with Gasteiger partial charge in [-0.1, -0.05) is 47.7 Å². The zero-order valence-electron chi connectivity index (χ0n) is 13.8. The van der Waals surface area contributed by atoms with E-state index in [0.29, 0.717) is 17.9 Å². The Bertz CT molecular complexity index is 934. The van der Waals surface area contributed by atoms with E-state index in [1.165, 1.54) is 12.3 Å². The van der Waals surface area contributed by atoms with Crippen LogP contribution >= 0.6 is 0 Å². The largest absolute Gasteiger partial charge is 0.294 e. The molecule has 8 heteroatoms. The Morgan fingerprint density at radius 2 is 1.92 bits per heavy atom. The highest BCUT2D eigenvalue weighted by Crippen LogP contribution is 2.22. The van der Waals surface area contributed by atoms with Gasteiger partial charge in [-0.25, -0.2) is 4.68 Å². The van der Waals surface area contributed by atoms with Crippen LogP contribution in [0.15, 0.2) is 72.0 Å². The molecule has 0 saturated heterocycles. The monoisotopic (exact) mass is 348 g/mol. The van der Waals surface area contributed by atoms with Crippen molar-refractivity contribution in [1.29, 1.82) is 0 Å². The molecule has 0 saturated carbocycles. The molecule has 0 bridgehead atoms. The molecule has 0 aliphatic rings. The average molecular weight is 348 g/mol.